The first-order valence-corrected chi connectivity index (χ1v) is 22.8. The molecule has 13 nitrogen and oxygen atoms in total. The molecule has 8 rings (SSSR count). The number of nitrogens with one attached hydrogen (secondary N) is 4. The fourth-order valence-corrected chi connectivity index (χ4v) is 14.8. The zero-order valence-corrected chi connectivity index (χ0v) is 36.5. The molecule has 14 unspecified atom stereocenters. The maximum atomic E-state index is 12.5. The van der Waals surface area contributed by atoms with E-state index < -0.39 is 23.3 Å². The van der Waals surface area contributed by atoms with Gasteiger partial charge in [-0.3, -0.25) is 9.69 Å². The molecule has 14 atom stereocenters. The summed E-state index contributed by atoms with van der Waals surface area (Å²) in [5.74, 6) is 1.36. The normalized spacial score (nSPS) is 46.1. The topological polar surface area (TPSA) is 192 Å². The van der Waals surface area contributed by atoms with Crippen molar-refractivity contribution in [2.75, 3.05) is 52.5 Å². The highest BCUT2D eigenvalue weighted by molar-refractivity contribution is 5.75. The predicted molar refractivity (Wildman–Crippen MR) is 217 cm³/mol. The number of fused-ring (bicyclic) bond motifs is 4. The molecule has 326 valence electrons. The summed E-state index contributed by atoms with van der Waals surface area (Å²) in [5.41, 5.74) is 12.3. The zero-order valence-electron chi connectivity index (χ0n) is 36.5. The summed E-state index contributed by atoms with van der Waals surface area (Å²) >= 11 is 0. The Morgan fingerprint density at radius 3 is 2.51 bits per heavy atom. The van der Waals surface area contributed by atoms with Crippen molar-refractivity contribution in [3.8, 4) is 0 Å². The Balaban J connectivity index is 0.869. The molecule has 5 saturated carbocycles. The average Bonchev–Trinajstić information content (AvgIpc) is 4.05. The first kappa shape index (κ1) is 42.7. The molecule has 57 heavy (non-hydrogen) atoms. The summed E-state index contributed by atoms with van der Waals surface area (Å²) in [7, 11) is 0. The lowest BCUT2D eigenvalue weighted by Gasteiger charge is -2.63. The minimum Gasteiger partial charge on any atom is -0.388 e. The second-order valence-corrected chi connectivity index (χ2v) is 21.6. The van der Waals surface area contributed by atoms with Gasteiger partial charge in [0.25, 0.3) is 0 Å². The van der Waals surface area contributed by atoms with Crippen molar-refractivity contribution in [1.82, 2.24) is 26.4 Å². The first-order valence-electron chi connectivity index (χ1n) is 22.8. The van der Waals surface area contributed by atoms with E-state index in [0.717, 1.165) is 77.7 Å². The van der Waals surface area contributed by atoms with Crippen molar-refractivity contribution >= 4 is 5.91 Å². The lowest BCUT2D eigenvalue weighted by molar-refractivity contribution is -0.246. The molecule has 3 saturated heterocycles. The number of ether oxygens (including phenoxy) is 4. The number of aliphatic hydroxyl groups excluding tert-OH is 1. The molecule has 5 aliphatic carbocycles. The fraction of sp³-hybridized carbons (Fsp3) is 0.977. The largest absolute Gasteiger partial charge is 0.388 e. The van der Waals surface area contributed by atoms with Crippen LogP contribution in [0.5, 0.6) is 0 Å². The van der Waals surface area contributed by atoms with Crippen LogP contribution >= 0.6 is 0 Å². The molecule has 0 radical (unpaired) electrons. The molecule has 0 aromatic rings. The third-order valence-electron chi connectivity index (χ3n) is 17.7. The third-order valence-corrected chi connectivity index (χ3v) is 17.7. The number of hydrogen-bond donors (Lipinski definition) is 7. The van der Waals surface area contributed by atoms with Gasteiger partial charge in [-0.1, -0.05) is 27.7 Å². The smallest absolute Gasteiger partial charge is 0.220 e. The molecule has 0 bridgehead atoms. The van der Waals surface area contributed by atoms with Gasteiger partial charge in [0.1, 0.15) is 6.10 Å². The van der Waals surface area contributed by atoms with E-state index in [1.807, 2.05) is 6.92 Å². The Morgan fingerprint density at radius 1 is 1.05 bits per heavy atom. The lowest BCUT2D eigenvalue weighted by Crippen LogP contribution is -2.70. The second-order valence-electron chi connectivity index (χ2n) is 21.6. The van der Waals surface area contributed by atoms with Gasteiger partial charge in [-0.2, -0.15) is 0 Å². The molecule has 2 spiro atoms. The van der Waals surface area contributed by atoms with E-state index in [-0.39, 0.29) is 69.7 Å². The van der Waals surface area contributed by atoms with Crippen LogP contribution in [0.1, 0.15) is 120 Å². The molecular formula is C44H78N6O7. The standard InChI is InChI=1S/C44H78N6O7/c1-9-54-37(39(5,6)53)28-24-27(2)34-35(56-28)36(52)44(45)30-11-10-29-38(3,4)31(12-15-42(29)26-43(30,42)17-16-40(34,44)7)57-33-25-50(22-23-55-33)21-20-46-18-19-47-32(51)13-14-41(8)48-49-41/h27-31,33-37,46,48-49,52-53H,9-26,45H2,1-8H3,(H,47,51). The van der Waals surface area contributed by atoms with Gasteiger partial charge in [-0.15, -0.1) is 0 Å². The van der Waals surface area contributed by atoms with Gasteiger partial charge in [0, 0.05) is 52.3 Å². The van der Waals surface area contributed by atoms with E-state index in [2.05, 4.69) is 61.0 Å². The van der Waals surface area contributed by atoms with Crippen LogP contribution in [0.15, 0.2) is 0 Å². The van der Waals surface area contributed by atoms with Crippen molar-refractivity contribution in [1.29, 1.82) is 0 Å². The van der Waals surface area contributed by atoms with E-state index in [1.165, 1.54) is 12.8 Å². The van der Waals surface area contributed by atoms with Crippen LogP contribution in [-0.2, 0) is 23.7 Å². The van der Waals surface area contributed by atoms with Gasteiger partial charge in [0.15, 0.2) is 6.29 Å². The fourth-order valence-electron chi connectivity index (χ4n) is 14.8. The van der Waals surface area contributed by atoms with Gasteiger partial charge in [0.2, 0.25) is 5.91 Å². The summed E-state index contributed by atoms with van der Waals surface area (Å²) in [6.45, 7) is 23.2. The monoisotopic (exact) mass is 803 g/mol. The Labute approximate surface area is 342 Å². The average molecular weight is 803 g/mol. The Morgan fingerprint density at radius 2 is 1.79 bits per heavy atom. The van der Waals surface area contributed by atoms with Crippen LogP contribution in [0.2, 0.25) is 0 Å². The Bertz CT molecular complexity index is 1480. The molecule has 8 N–H and O–H groups in total. The summed E-state index contributed by atoms with van der Waals surface area (Å²) in [6, 6.07) is 0. The van der Waals surface area contributed by atoms with E-state index in [1.54, 1.807) is 13.8 Å². The van der Waals surface area contributed by atoms with Crippen molar-refractivity contribution in [3.63, 3.8) is 0 Å². The molecule has 8 aliphatic rings. The third kappa shape index (κ3) is 7.06. The van der Waals surface area contributed by atoms with E-state index >= 15 is 0 Å². The highest BCUT2D eigenvalue weighted by Gasteiger charge is 2.85. The molecular weight excluding hydrogens is 725 g/mol. The van der Waals surface area contributed by atoms with Crippen LogP contribution in [0.25, 0.3) is 0 Å². The zero-order chi connectivity index (χ0) is 40.8. The maximum Gasteiger partial charge on any atom is 0.220 e. The van der Waals surface area contributed by atoms with Crippen molar-refractivity contribution in [2.24, 2.45) is 51.1 Å². The van der Waals surface area contributed by atoms with Gasteiger partial charge in [-0.25, -0.2) is 10.9 Å². The van der Waals surface area contributed by atoms with Crippen molar-refractivity contribution in [2.45, 2.75) is 173 Å². The highest BCUT2D eigenvalue weighted by atomic mass is 16.7. The summed E-state index contributed by atoms with van der Waals surface area (Å²) in [5, 5.41) is 30.2. The summed E-state index contributed by atoms with van der Waals surface area (Å²) < 4.78 is 26.3. The number of rotatable bonds is 15. The number of amides is 1. The van der Waals surface area contributed by atoms with E-state index in [0.29, 0.717) is 38.0 Å². The molecule has 1 amide bonds. The number of nitrogens with zero attached hydrogens (tertiary/aromatic N) is 1. The first-order chi connectivity index (χ1) is 26.9. The summed E-state index contributed by atoms with van der Waals surface area (Å²) in [4.78, 5) is 14.6. The minimum absolute atomic E-state index is 0.00519. The van der Waals surface area contributed by atoms with Crippen molar-refractivity contribution < 1.29 is 34.0 Å². The summed E-state index contributed by atoms with van der Waals surface area (Å²) in [6.07, 6.45) is 7.86. The molecule has 0 aromatic heterocycles. The van der Waals surface area contributed by atoms with Crippen molar-refractivity contribution in [3.05, 3.63) is 0 Å². The molecule has 3 heterocycles. The number of hydrogen-bond acceptors (Lipinski definition) is 12. The number of hydrazine groups is 1. The van der Waals surface area contributed by atoms with Gasteiger partial charge in [-0.05, 0) is 131 Å². The lowest BCUT2D eigenvalue weighted by atomic mass is 9.43. The van der Waals surface area contributed by atoms with Crippen LogP contribution in [-0.4, -0.2) is 127 Å². The number of aliphatic hydroxyl groups is 2. The Hall–Kier alpha value is -0.970. The minimum atomic E-state index is -1.06. The second kappa shape index (κ2) is 15.1. The van der Waals surface area contributed by atoms with E-state index in [4.69, 9.17) is 24.7 Å². The molecule has 8 fully saturated rings. The van der Waals surface area contributed by atoms with Crippen LogP contribution in [0, 0.1) is 45.3 Å². The Kier molecular flexibility index (Phi) is 11.3. The molecule has 3 aliphatic heterocycles. The number of carbonyl (C=O) groups excluding carboxylic acids is 1. The van der Waals surface area contributed by atoms with Gasteiger partial charge >= 0.3 is 0 Å². The van der Waals surface area contributed by atoms with Crippen LogP contribution < -0.4 is 27.2 Å². The number of morpholine rings is 1. The quantitative estimate of drug-likeness (QED) is 0.0949. The van der Waals surface area contributed by atoms with Gasteiger partial charge in [0.05, 0.1) is 47.8 Å². The van der Waals surface area contributed by atoms with E-state index in [9.17, 15) is 15.0 Å². The number of nitrogens with two attached hydrogens (primary N) is 1. The maximum absolute atomic E-state index is 12.5. The molecule has 0 aromatic carbocycles. The molecule has 13 heteroatoms. The van der Waals surface area contributed by atoms with Crippen LogP contribution in [0.4, 0.5) is 0 Å². The van der Waals surface area contributed by atoms with Crippen LogP contribution in [0.3, 0.4) is 0 Å². The number of carbonyl (C=O) groups is 1. The van der Waals surface area contributed by atoms with Gasteiger partial charge < -0.3 is 45.5 Å². The predicted octanol–water partition coefficient (Wildman–Crippen LogP) is 3.02. The SMILES string of the molecule is CCOC(C1CC(C)C2C(O1)C(O)C1(N)C3CCC4C(C)(C)C(OC5CN(CCNCCNC(=O)CCC6(C)NN6)CCO5)CCC45CC35CCC21C)C(C)(C)O. The highest BCUT2D eigenvalue weighted by Crippen LogP contribution is 2.87.